The van der Waals surface area contributed by atoms with Gasteiger partial charge in [0.25, 0.3) is 0 Å². The molecule has 0 radical (unpaired) electrons. The fraction of sp³-hybridized carbons (Fsp3) is 0.591. The molecule has 0 amide bonds. The van der Waals surface area contributed by atoms with Gasteiger partial charge in [-0.3, -0.25) is 9.88 Å². The van der Waals surface area contributed by atoms with Crippen LogP contribution in [0, 0.1) is 17.5 Å². The maximum atomic E-state index is 15.0. The second-order valence-electron chi connectivity index (χ2n) is 8.37. The largest absolute Gasteiger partial charge is 0.381 e. The Hall–Kier alpha value is -1.37. The molecule has 1 saturated heterocycles. The minimum atomic E-state index is -1.17. The second kappa shape index (κ2) is 8.56. The predicted octanol–water partition coefficient (Wildman–Crippen LogP) is 5.66. The zero-order chi connectivity index (χ0) is 20.4. The van der Waals surface area contributed by atoms with Gasteiger partial charge in [0.15, 0.2) is 5.13 Å². The summed E-state index contributed by atoms with van der Waals surface area (Å²) < 4.78 is 34.1. The number of rotatable bonds is 8. The summed E-state index contributed by atoms with van der Waals surface area (Å²) >= 11 is 0.902. The lowest BCUT2D eigenvalue weighted by Crippen LogP contribution is -2.42. The first kappa shape index (κ1) is 21.3. The van der Waals surface area contributed by atoms with Gasteiger partial charge in [-0.05, 0) is 70.8 Å². The zero-order valence-corrected chi connectivity index (χ0v) is 18.0. The standard InChI is InChI=1S/C22H30F2N2OS/c1-5-27-15-22(12-18(23)19-8-9-20(24)28-19)10-11-26(14-22)21(3,4)17-7-6-16(2)25-13-17/h6-9,13,18H,5,10-12,14-15H2,1-4H3. The van der Waals surface area contributed by atoms with Crippen LogP contribution in [-0.2, 0) is 10.3 Å². The van der Waals surface area contributed by atoms with Crippen molar-refractivity contribution in [2.45, 2.75) is 52.2 Å². The summed E-state index contributed by atoms with van der Waals surface area (Å²) in [6.07, 6.45) is 1.99. The lowest BCUT2D eigenvalue weighted by atomic mass is 9.82. The van der Waals surface area contributed by atoms with Gasteiger partial charge in [-0.1, -0.05) is 6.07 Å². The Kier molecular flexibility index (Phi) is 6.52. The number of likely N-dealkylation sites (tertiary alicyclic amines) is 1. The monoisotopic (exact) mass is 408 g/mol. The summed E-state index contributed by atoms with van der Waals surface area (Å²) in [4.78, 5) is 7.32. The number of halogens is 2. The molecule has 1 aliphatic rings. The molecule has 0 saturated carbocycles. The van der Waals surface area contributed by atoms with Crippen molar-refractivity contribution in [1.82, 2.24) is 9.88 Å². The van der Waals surface area contributed by atoms with Gasteiger partial charge >= 0.3 is 0 Å². The summed E-state index contributed by atoms with van der Waals surface area (Å²) in [6.45, 7) is 11.1. The molecular weight excluding hydrogens is 378 g/mol. The third-order valence-corrected chi connectivity index (χ3v) is 6.93. The smallest absolute Gasteiger partial charge is 0.176 e. The van der Waals surface area contributed by atoms with Gasteiger partial charge in [-0.25, -0.2) is 4.39 Å². The van der Waals surface area contributed by atoms with Crippen molar-refractivity contribution in [1.29, 1.82) is 0 Å². The van der Waals surface area contributed by atoms with Gasteiger partial charge in [-0.2, -0.15) is 4.39 Å². The van der Waals surface area contributed by atoms with Gasteiger partial charge in [0.1, 0.15) is 6.17 Å². The van der Waals surface area contributed by atoms with E-state index < -0.39 is 6.17 Å². The fourth-order valence-electron chi connectivity index (χ4n) is 4.06. The molecule has 0 aromatic carbocycles. The van der Waals surface area contributed by atoms with E-state index in [-0.39, 0.29) is 16.1 Å². The number of hydrogen-bond acceptors (Lipinski definition) is 4. The van der Waals surface area contributed by atoms with Gasteiger partial charge in [0, 0.05) is 40.9 Å². The molecule has 0 spiro atoms. The van der Waals surface area contributed by atoms with Gasteiger partial charge < -0.3 is 4.74 Å². The molecule has 0 bridgehead atoms. The highest BCUT2D eigenvalue weighted by Gasteiger charge is 2.45. The van der Waals surface area contributed by atoms with Crippen LogP contribution in [0.2, 0.25) is 0 Å². The Balaban J connectivity index is 1.78. The second-order valence-corrected chi connectivity index (χ2v) is 9.44. The number of hydrogen-bond donors (Lipinski definition) is 0. The van der Waals surface area contributed by atoms with Crippen molar-refractivity contribution in [3.8, 4) is 0 Å². The van der Waals surface area contributed by atoms with Crippen LogP contribution in [0.3, 0.4) is 0 Å². The topological polar surface area (TPSA) is 25.4 Å². The summed E-state index contributed by atoms with van der Waals surface area (Å²) in [5.74, 6) is 0. The first-order chi connectivity index (χ1) is 13.3. The molecule has 3 rings (SSSR count). The van der Waals surface area contributed by atoms with E-state index in [1.54, 1.807) is 6.07 Å². The molecule has 1 fully saturated rings. The van der Waals surface area contributed by atoms with Crippen molar-refractivity contribution < 1.29 is 13.5 Å². The molecule has 2 aromatic heterocycles. The zero-order valence-electron chi connectivity index (χ0n) is 17.2. The highest BCUT2D eigenvalue weighted by Crippen LogP contribution is 2.45. The van der Waals surface area contributed by atoms with Crippen molar-refractivity contribution in [3.63, 3.8) is 0 Å². The number of pyridine rings is 1. The normalized spacial score (nSPS) is 21.9. The third kappa shape index (κ3) is 4.61. The minimum Gasteiger partial charge on any atom is -0.381 e. The molecule has 2 unspecified atom stereocenters. The molecule has 3 nitrogen and oxygen atoms in total. The highest BCUT2D eigenvalue weighted by atomic mass is 32.1. The van der Waals surface area contributed by atoms with Crippen LogP contribution >= 0.6 is 11.3 Å². The summed E-state index contributed by atoms with van der Waals surface area (Å²) in [7, 11) is 0. The van der Waals surface area contributed by atoms with Crippen LogP contribution in [0.25, 0.3) is 0 Å². The van der Waals surface area contributed by atoms with Gasteiger partial charge in [-0.15, -0.1) is 11.3 Å². The van der Waals surface area contributed by atoms with Crippen molar-refractivity contribution in [2.24, 2.45) is 5.41 Å². The number of thiophene rings is 1. The number of alkyl halides is 1. The molecule has 1 aliphatic heterocycles. The van der Waals surface area contributed by atoms with E-state index in [1.165, 1.54) is 6.07 Å². The van der Waals surface area contributed by atoms with Crippen molar-refractivity contribution >= 4 is 11.3 Å². The molecule has 3 heterocycles. The predicted molar refractivity (Wildman–Crippen MR) is 110 cm³/mol. The fourth-order valence-corrected chi connectivity index (χ4v) is 4.77. The Morgan fingerprint density at radius 1 is 1.32 bits per heavy atom. The molecule has 0 N–H and O–H groups in total. The summed E-state index contributed by atoms with van der Waals surface area (Å²) in [6, 6.07) is 7.06. The summed E-state index contributed by atoms with van der Waals surface area (Å²) in [5, 5.41) is -0.336. The molecule has 2 aromatic rings. The molecule has 28 heavy (non-hydrogen) atoms. The number of ether oxygens (including phenoxy) is 1. The Labute approximate surface area is 170 Å². The molecule has 154 valence electrons. The van der Waals surface area contributed by atoms with Crippen LogP contribution < -0.4 is 0 Å². The number of aromatic nitrogens is 1. The maximum Gasteiger partial charge on any atom is 0.176 e. The van der Waals surface area contributed by atoms with E-state index in [2.05, 4.69) is 29.8 Å². The van der Waals surface area contributed by atoms with Crippen LogP contribution in [0.5, 0.6) is 0 Å². The summed E-state index contributed by atoms with van der Waals surface area (Å²) in [5.41, 5.74) is 1.68. The van der Waals surface area contributed by atoms with Gasteiger partial charge in [0.2, 0.25) is 0 Å². The van der Waals surface area contributed by atoms with E-state index in [0.29, 0.717) is 24.5 Å². The van der Waals surface area contributed by atoms with Crippen molar-refractivity contribution in [3.05, 3.63) is 51.7 Å². The first-order valence-corrected chi connectivity index (χ1v) is 10.7. The molecule has 6 heteroatoms. The average molecular weight is 409 g/mol. The molecular formula is C22H30F2N2OS. The SMILES string of the molecule is CCOCC1(CC(F)c2ccc(F)s2)CCN(C(C)(C)c2ccc(C)nc2)C1. The third-order valence-electron chi connectivity index (χ3n) is 5.97. The van der Waals surface area contributed by atoms with Crippen LogP contribution in [-0.4, -0.2) is 36.2 Å². The number of nitrogens with zero attached hydrogens (tertiary/aromatic N) is 2. The van der Waals surface area contributed by atoms with E-state index in [9.17, 15) is 4.39 Å². The average Bonchev–Trinajstić information content (AvgIpc) is 3.28. The van der Waals surface area contributed by atoms with E-state index in [0.717, 1.165) is 42.1 Å². The maximum absolute atomic E-state index is 15.0. The highest BCUT2D eigenvalue weighted by molar-refractivity contribution is 7.10. The lowest BCUT2D eigenvalue weighted by molar-refractivity contribution is 0.0242. The Morgan fingerprint density at radius 3 is 2.71 bits per heavy atom. The molecule has 2 atom stereocenters. The first-order valence-electron chi connectivity index (χ1n) is 9.91. The van der Waals surface area contributed by atoms with Crippen LogP contribution in [0.4, 0.5) is 8.78 Å². The van der Waals surface area contributed by atoms with E-state index in [1.807, 2.05) is 26.1 Å². The quantitative estimate of drug-likeness (QED) is 0.564. The molecule has 0 aliphatic carbocycles. The van der Waals surface area contributed by atoms with E-state index >= 15 is 4.39 Å². The van der Waals surface area contributed by atoms with E-state index in [4.69, 9.17) is 4.74 Å². The minimum absolute atomic E-state index is 0.199. The van der Waals surface area contributed by atoms with Gasteiger partial charge in [0.05, 0.1) is 6.61 Å². The number of aryl methyl sites for hydroxylation is 1. The van der Waals surface area contributed by atoms with Crippen molar-refractivity contribution in [2.75, 3.05) is 26.3 Å². The van der Waals surface area contributed by atoms with Crippen LogP contribution in [0.15, 0.2) is 30.5 Å². The lowest BCUT2D eigenvalue weighted by Gasteiger charge is -2.38. The Bertz CT molecular complexity index is 777. The Morgan fingerprint density at radius 2 is 2.11 bits per heavy atom. The van der Waals surface area contributed by atoms with Crippen LogP contribution in [0.1, 0.15) is 55.9 Å².